The molecule has 2 unspecified atom stereocenters. The summed E-state index contributed by atoms with van der Waals surface area (Å²) < 4.78 is 4.49. The van der Waals surface area contributed by atoms with Gasteiger partial charge in [0.2, 0.25) is 11.8 Å². The van der Waals surface area contributed by atoms with Crippen LogP contribution in [0.1, 0.15) is 64.5 Å². The topological polar surface area (TPSA) is 87.1 Å². The number of allylic oxidation sites excluding steroid dienone is 1. The fourth-order valence-electron chi connectivity index (χ4n) is 6.87. The Labute approximate surface area is 236 Å². The van der Waals surface area contributed by atoms with Crippen LogP contribution >= 0.6 is 11.8 Å². The fourth-order valence-corrected chi connectivity index (χ4v) is 9.20. The molecule has 3 aliphatic heterocycles. The molecule has 1 spiro atoms. The maximum atomic E-state index is 14.5. The van der Waals surface area contributed by atoms with Crippen molar-refractivity contribution in [3.8, 4) is 0 Å². The van der Waals surface area contributed by atoms with Gasteiger partial charge in [-0.2, -0.15) is 0 Å². The van der Waals surface area contributed by atoms with Crippen LogP contribution in [0.25, 0.3) is 0 Å². The van der Waals surface area contributed by atoms with E-state index in [1.165, 1.54) is 0 Å². The maximum Gasteiger partial charge on any atom is 0.311 e. The number of nitrogens with zero attached hydrogens (tertiary/aromatic N) is 2. The van der Waals surface area contributed by atoms with E-state index in [0.29, 0.717) is 26.0 Å². The van der Waals surface area contributed by atoms with E-state index < -0.39 is 33.4 Å². The third-order valence-corrected chi connectivity index (χ3v) is 10.7. The number of benzene rings is 1. The average molecular weight is 555 g/mol. The van der Waals surface area contributed by atoms with E-state index in [1.807, 2.05) is 57.2 Å². The van der Waals surface area contributed by atoms with Crippen molar-refractivity contribution in [2.75, 3.05) is 19.8 Å². The second-order valence-corrected chi connectivity index (χ2v) is 13.3. The number of thioether (sulfide) groups is 1. The van der Waals surface area contributed by atoms with Gasteiger partial charge in [0, 0.05) is 17.3 Å². The molecule has 8 heteroatoms. The van der Waals surface area contributed by atoms with Gasteiger partial charge in [-0.1, -0.05) is 42.5 Å². The van der Waals surface area contributed by atoms with Crippen molar-refractivity contribution >= 4 is 29.5 Å². The first-order valence-electron chi connectivity index (χ1n) is 14.0. The van der Waals surface area contributed by atoms with Gasteiger partial charge >= 0.3 is 5.97 Å². The van der Waals surface area contributed by atoms with Crippen molar-refractivity contribution in [3.63, 3.8) is 0 Å². The third kappa shape index (κ3) is 5.06. The molecule has 6 atom stereocenters. The molecule has 3 aliphatic rings. The molecule has 212 valence electrons. The molecule has 0 saturated carbocycles. The lowest BCUT2D eigenvalue weighted by Crippen LogP contribution is -2.57. The summed E-state index contributed by atoms with van der Waals surface area (Å²) in [5.74, 6) is -2.10. The number of rotatable bonds is 13. The summed E-state index contributed by atoms with van der Waals surface area (Å²) in [4.78, 5) is 45.9. The number of hydrogen-bond donors (Lipinski definition) is 1. The number of ether oxygens (including phenoxy) is 1. The number of carbonyl (C=O) groups excluding carboxylic acids is 3. The van der Waals surface area contributed by atoms with E-state index in [9.17, 15) is 19.5 Å². The molecule has 39 heavy (non-hydrogen) atoms. The molecule has 7 nitrogen and oxygen atoms in total. The number of carbonyl (C=O) groups is 3. The summed E-state index contributed by atoms with van der Waals surface area (Å²) in [6.07, 6.45) is 7.38. The van der Waals surface area contributed by atoms with Gasteiger partial charge in [-0.05, 0) is 58.4 Å². The Morgan fingerprint density at radius 3 is 2.54 bits per heavy atom. The standard InChI is InChI=1S/C31H42N2O5S/c1-6-8-9-13-19-38-29(37)25-24-27(35)33(23(20-34)22-14-11-10-12-15-22)26(28(36)32(18-7-2)21(3)4)31(24)17-16-30(25,5)39-31/h6-7,10-12,14-15,21,23-26,34H,1-2,8-9,13,16-20H2,3-5H3/t23-,24+,25-,26?,30+,31?/m1/s1. The van der Waals surface area contributed by atoms with Crippen molar-refractivity contribution in [3.05, 3.63) is 61.2 Å². The molecule has 0 radical (unpaired) electrons. The second-order valence-electron chi connectivity index (χ2n) is 11.4. The SMILES string of the molecule is C=CCCCCOC(=O)[C@H]1[C@H]2C(=O)N([C@H](CO)c3ccccc3)C(C(=O)N(CC=C)C(C)C)C23CC[C@]1(C)S3. The Morgan fingerprint density at radius 2 is 1.92 bits per heavy atom. The smallest absolute Gasteiger partial charge is 0.311 e. The molecule has 0 aromatic heterocycles. The van der Waals surface area contributed by atoms with Gasteiger partial charge < -0.3 is 19.6 Å². The Morgan fingerprint density at radius 1 is 1.21 bits per heavy atom. The van der Waals surface area contributed by atoms with Gasteiger partial charge in [0.05, 0.1) is 35.8 Å². The van der Waals surface area contributed by atoms with Crippen molar-refractivity contribution in [2.24, 2.45) is 11.8 Å². The van der Waals surface area contributed by atoms with Crippen molar-refractivity contribution in [1.82, 2.24) is 9.80 Å². The third-order valence-electron chi connectivity index (χ3n) is 8.67. The number of likely N-dealkylation sites (tertiary alicyclic amines) is 1. The zero-order valence-electron chi connectivity index (χ0n) is 23.4. The number of aliphatic hydroxyl groups excluding tert-OH is 1. The monoisotopic (exact) mass is 554 g/mol. The molecule has 1 aromatic carbocycles. The largest absolute Gasteiger partial charge is 0.465 e. The Bertz CT molecular complexity index is 1090. The lowest BCUT2D eigenvalue weighted by molar-refractivity contribution is -0.156. The highest BCUT2D eigenvalue weighted by atomic mass is 32.2. The normalized spacial score (nSPS) is 29.8. The van der Waals surface area contributed by atoms with Gasteiger partial charge in [0.25, 0.3) is 0 Å². The summed E-state index contributed by atoms with van der Waals surface area (Å²) in [6.45, 7) is 13.8. The summed E-state index contributed by atoms with van der Waals surface area (Å²) in [7, 11) is 0. The molecule has 1 aromatic rings. The van der Waals surface area contributed by atoms with Crippen LogP contribution in [-0.2, 0) is 19.1 Å². The molecule has 2 amide bonds. The van der Waals surface area contributed by atoms with Crippen LogP contribution in [0.4, 0.5) is 0 Å². The maximum absolute atomic E-state index is 14.5. The highest BCUT2D eigenvalue weighted by Crippen LogP contribution is 2.72. The summed E-state index contributed by atoms with van der Waals surface area (Å²) in [5.41, 5.74) is 0.759. The first-order chi connectivity index (χ1) is 18.7. The van der Waals surface area contributed by atoms with Crippen LogP contribution < -0.4 is 0 Å². The van der Waals surface area contributed by atoms with Crippen LogP contribution in [0.5, 0.6) is 0 Å². The number of esters is 1. The van der Waals surface area contributed by atoms with Crippen LogP contribution in [0.3, 0.4) is 0 Å². The van der Waals surface area contributed by atoms with Crippen LogP contribution in [0.15, 0.2) is 55.6 Å². The van der Waals surface area contributed by atoms with Crippen molar-refractivity contribution in [1.29, 1.82) is 0 Å². The zero-order valence-corrected chi connectivity index (χ0v) is 24.2. The fraction of sp³-hybridized carbons (Fsp3) is 0.581. The van der Waals surface area contributed by atoms with E-state index in [2.05, 4.69) is 13.2 Å². The van der Waals surface area contributed by atoms with E-state index in [-0.39, 0.29) is 30.4 Å². The second kappa shape index (κ2) is 11.9. The highest BCUT2D eigenvalue weighted by Gasteiger charge is 2.78. The van der Waals surface area contributed by atoms with Gasteiger partial charge in [-0.25, -0.2) is 0 Å². The van der Waals surface area contributed by atoms with E-state index >= 15 is 0 Å². The van der Waals surface area contributed by atoms with Gasteiger partial charge in [-0.3, -0.25) is 14.4 Å². The molecule has 3 saturated heterocycles. The zero-order chi connectivity index (χ0) is 28.4. The van der Waals surface area contributed by atoms with Gasteiger partial charge in [0.15, 0.2) is 0 Å². The molecule has 2 bridgehead atoms. The number of aliphatic hydroxyl groups is 1. The van der Waals surface area contributed by atoms with E-state index in [1.54, 1.807) is 27.6 Å². The minimum atomic E-state index is -0.813. The lowest BCUT2D eigenvalue weighted by Gasteiger charge is -2.40. The van der Waals surface area contributed by atoms with E-state index in [4.69, 9.17) is 4.74 Å². The number of hydrogen-bond acceptors (Lipinski definition) is 6. The first kappa shape index (κ1) is 29.4. The minimum absolute atomic E-state index is 0.109. The van der Waals surface area contributed by atoms with E-state index in [0.717, 1.165) is 24.8 Å². The minimum Gasteiger partial charge on any atom is -0.465 e. The first-order valence-corrected chi connectivity index (χ1v) is 14.9. The number of unbranched alkanes of at least 4 members (excludes halogenated alkanes) is 2. The average Bonchev–Trinajstić information content (AvgIpc) is 3.48. The van der Waals surface area contributed by atoms with Gasteiger partial charge in [-0.15, -0.1) is 24.9 Å². The Balaban J connectivity index is 1.76. The molecule has 1 N–H and O–H groups in total. The number of amides is 2. The Hall–Kier alpha value is -2.58. The predicted molar refractivity (Wildman–Crippen MR) is 154 cm³/mol. The summed E-state index contributed by atoms with van der Waals surface area (Å²) >= 11 is 1.62. The molecular weight excluding hydrogens is 512 g/mol. The molecule has 4 rings (SSSR count). The molecular formula is C31H42N2O5S. The summed E-state index contributed by atoms with van der Waals surface area (Å²) in [6, 6.07) is 7.71. The molecule has 3 fully saturated rings. The summed E-state index contributed by atoms with van der Waals surface area (Å²) in [5, 5.41) is 10.6. The number of fused-ring (bicyclic) bond motifs is 1. The molecule has 3 heterocycles. The van der Waals surface area contributed by atoms with Crippen LogP contribution in [-0.4, -0.2) is 74.0 Å². The molecule has 0 aliphatic carbocycles. The van der Waals surface area contributed by atoms with Crippen molar-refractivity contribution in [2.45, 2.75) is 80.5 Å². The van der Waals surface area contributed by atoms with Crippen molar-refractivity contribution < 1.29 is 24.2 Å². The van der Waals surface area contributed by atoms with Crippen LogP contribution in [0.2, 0.25) is 0 Å². The van der Waals surface area contributed by atoms with Crippen LogP contribution in [0, 0.1) is 11.8 Å². The highest BCUT2D eigenvalue weighted by molar-refractivity contribution is 8.02. The predicted octanol–water partition coefficient (Wildman–Crippen LogP) is 4.52. The Kier molecular flexibility index (Phi) is 8.96. The van der Waals surface area contributed by atoms with Gasteiger partial charge in [0.1, 0.15) is 6.04 Å². The lowest BCUT2D eigenvalue weighted by atomic mass is 9.66. The quantitative estimate of drug-likeness (QED) is 0.219.